The van der Waals surface area contributed by atoms with E-state index in [1.54, 1.807) is 24.2 Å². The van der Waals surface area contributed by atoms with Crippen LogP contribution in [0.15, 0.2) is 12.3 Å². The van der Waals surface area contributed by atoms with Crippen molar-refractivity contribution in [1.29, 1.82) is 0 Å². The highest BCUT2D eigenvalue weighted by atomic mass is 35.5. The Labute approximate surface area is 130 Å². The number of anilines is 1. The molecule has 2 heterocycles. The van der Waals surface area contributed by atoms with Gasteiger partial charge in [-0.1, -0.05) is 11.6 Å². The highest BCUT2D eigenvalue weighted by Crippen LogP contribution is 2.24. The lowest BCUT2D eigenvalue weighted by Crippen LogP contribution is -2.42. The lowest BCUT2D eigenvalue weighted by Gasteiger charge is -2.28. The summed E-state index contributed by atoms with van der Waals surface area (Å²) >= 11 is 5.86. The Kier molecular flexibility index (Phi) is 4.56. The summed E-state index contributed by atoms with van der Waals surface area (Å²) in [7, 11) is 1.78. The van der Waals surface area contributed by atoms with Crippen LogP contribution in [0.3, 0.4) is 0 Å². The van der Waals surface area contributed by atoms with E-state index in [1.165, 1.54) is 0 Å². The number of hydrogen-bond donors (Lipinski definition) is 0. The van der Waals surface area contributed by atoms with E-state index in [0.29, 0.717) is 5.15 Å². The van der Waals surface area contributed by atoms with Crippen LogP contribution in [0.1, 0.15) is 27.2 Å². The molecule has 1 atom stereocenters. The molecular formula is C14H21ClN4O2. The number of ether oxygens (including phenoxy) is 1. The summed E-state index contributed by atoms with van der Waals surface area (Å²) in [5, 5.41) is 7.96. The molecular weight excluding hydrogens is 292 g/mol. The van der Waals surface area contributed by atoms with E-state index in [2.05, 4.69) is 15.1 Å². The summed E-state index contributed by atoms with van der Waals surface area (Å²) in [6.45, 7) is 7.18. The summed E-state index contributed by atoms with van der Waals surface area (Å²) in [5.74, 6) is 0. The minimum Gasteiger partial charge on any atom is -0.444 e. The third-order valence-corrected chi connectivity index (χ3v) is 3.55. The molecule has 1 unspecified atom stereocenters. The summed E-state index contributed by atoms with van der Waals surface area (Å²) in [5.41, 5.74) is 0.446. The number of carbonyl (C=O) groups excluding carboxylic acids is 1. The molecule has 0 aliphatic carbocycles. The molecule has 1 aliphatic heterocycles. The number of halogens is 1. The number of likely N-dealkylation sites (N-methyl/N-ethyl adjacent to an activating group) is 1. The van der Waals surface area contributed by atoms with Crippen LogP contribution in [0.5, 0.6) is 0 Å². The molecule has 0 N–H and O–H groups in total. The third kappa shape index (κ3) is 4.20. The molecule has 21 heavy (non-hydrogen) atoms. The van der Waals surface area contributed by atoms with Gasteiger partial charge in [0.1, 0.15) is 5.60 Å². The van der Waals surface area contributed by atoms with Gasteiger partial charge in [-0.15, -0.1) is 5.10 Å². The van der Waals surface area contributed by atoms with Crippen LogP contribution in [0, 0.1) is 0 Å². The first-order valence-corrected chi connectivity index (χ1v) is 7.33. The fourth-order valence-electron chi connectivity index (χ4n) is 2.28. The summed E-state index contributed by atoms with van der Waals surface area (Å²) in [4.78, 5) is 15.9. The summed E-state index contributed by atoms with van der Waals surface area (Å²) in [6.07, 6.45) is 2.28. The molecule has 1 aromatic heterocycles. The topological polar surface area (TPSA) is 58.6 Å². The van der Waals surface area contributed by atoms with Crippen LogP contribution in [0.25, 0.3) is 0 Å². The van der Waals surface area contributed by atoms with Gasteiger partial charge in [-0.25, -0.2) is 4.79 Å². The molecule has 6 nitrogen and oxygen atoms in total. The average Bonchev–Trinajstić information content (AvgIpc) is 2.85. The van der Waals surface area contributed by atoms with E-state index in [1.807, 2.05) is 20.8 Å². The SMILES string of the molecule is CN(C(=O)OC(C)(C)C)C1CCN(c2cnnc(Cl)c2)C1. The first-order chi connectivity index (χ1) is 9.76. The number of amides is 1. The zero-order chi connectivity index (χ0) is 15.6. The molecule has 1 amide bonds. The van der Waals surface area contributed by atoms with Crippen LogP contribution < -0.4 is 4.90 Å². The summed E-state index contributed by atoms with van der Waals surface area (Å²) in [6, 6.07) is 1.90. The molecule has 0 bridgehead atoms. The van der Waals surface area contributed by atoms with Crippen molar-refractivity contribution < 1.29 is 9.53 Å². The fraction of sp³-hybridized carbons (Fsp3) is 0.643. The fourth-order valence-corrected chi connectivity index (χ4v) is 2.44. The Morgan fingerprint density at radius 1 is 1.52 bits per heavy atom. The van der Waals surface area contributed by atoms with Crippen molar-refractivity contribution in [2.24, 2.45) is 0 Å². The van der Waals surface area contributed by atoms with Gasteiger partial charge in [-0.05, 0) is 27.2 Å². The lowest BCUT2D eigenvalue weighted by atomic mass is 10.2. The molecule has 0 spiro atoms. The smallest absolute Gasteiger partial charge is 0.410 e. The first kappa shape index (κ1) is 15.8. The quantitative estimate of drug-likeness (QED) is 0.840. The van der Waals surface area contributed by atoms with Crippen LogP contribution in [0.2, 0.25) is 5.15 Å². The van der Waals surface area contributed by atoms with Gasteiger partial charge in [0.05, 0.1) is 17.9 Å². The molecule has 116 valence electrons. The van der Waals surface area contributed by atoms with Crippen molar-refractivity contribution in [3.63, 3.8) is 0 Å². The van der Waals surface area contributed by atoms with Crippen molar-refractivity contribution in [2.75, 3.05) is 25.0 Å². The monoisotopic (exact) mass is 312 g/mol. The van der Waals surface area contributed by atoms with Gasteiger partial charge >= 0.3 is 6.09 Å². The van der Waals surface area contributed by atoms with Crippen LogP contribution in [-0.4, -0.2) is 53.0 Å². The maximum atomic E-state index is 12.1. The average molecular weight is 313 g/mol. The molecule has 7 heteroatoms. The van der Waals surface area contributed by atoms with E-state index in [0.717, 1.165) is 25.2 Å². The second kappa shape index (κ2) is 6.05. The molecule has 0 aromatic carbocycles. The van der Waals surface area contributed by atoms with Crippen molar-refractivity contribution >= 4 is 23.4 Å². The predicted octanol–water partition coefficient (Wildman–Crippen LogP) is 2.58. The van der Waals surface area contributed by atoms with Gasteiger partial charge in [0.2, 0.25) is 0 Å². The number of rotatable bonds is 2. The molecule has 1 aromatic rings. The minimum atomic E-state index is -0.480. The molecule has 2 rings (SSSR count). The van der Waals surface area contributed by atoms with Crippen LogP contribution >= 0.6 is 11.6 Å². The minimum absolute atomic E-state index is 0.117. The highest BCUT2D eigenvalue weighted by molar-refractivity contribution is 6.29. The van der Waals surface area contributed by atoms with E-state index >= 15 is 0 Å². The van der Waals surface area contributed by atoms with Gasteiger partial charge in [-0.3, -0.25) is 0 Å². The number of carbonyl (C=O) groups is 1. The van der Waals surface area contributed by atoms with Gasteiger partial charge < -0.3 is 14.5 Å². The van der Waals surface area contributed by atoms with Gasteiger partial charge in [0.25, 0.3) is 0 Å². The molecule has 1 fully saturated rings. The Hall–Kier alpha value is -1.56. The van der Waals surface area contributed by atoms with Crippen LogP contribution in [-0.2, 0) is 4.74 Å². The van der Waals surface area contributed by atoms with Gasteiger partial charge in [-0.2, -0.15) is 5.10 Å². The highest BCUT2D eigenvalue weighted by Gasteiger charge is 2.31. The zero-order valence-electron chi connectivity index (χ0n) is 12.8. The van der Waals surface area contributed by atoms with E-state index < -0.39 is 5.60 Å². The number of aromatic nitrogens is 2. The van der Waals surface area contributed by atoms with E-state index in [9.17, 15) is 4.79 Å². The third-order valence-electron chi connectivity index (χ3n) is 3.37. The second-order valence-electron chi connectivity index (χ2n) is 6.22. The first-order valence-electron chi connectivity index (χ1n) is 6.95. The van der Waals surface area contributed by atoms with Gasteiger partial charge in [0, 0.05) is 26.2 Å². The van der Waals surface area contributed by atoms with Crippen molar-refractivity contribution in [3.05, 3.63) is 17.4 Å². The van der Waals surface area contributed by atoms with Crippen molar-refractivity contribution in [1.82, 2.24) is 15.1 Å². The Bertz CT molecular complexity index is 518. The van der Waals surface area contributed by atoms with Crippen molar-refractivity contribution in [2.45, 2.75) is 38.8 Å². The molecule has 0 radical (unpaired) electrons. The molecule has 1 aliphatic rings. The normalized spacial score (nSPS) is 18.7. The Balaban J connectivity index is 1.97. The standard InChI is InChI=1S/C14H21ClN4O2/c1-14(2,3)21-13(20)18(4)10-5-6-19(9-10)11-7-12(15)17-16-8-11/h7-8,10H,5-6,9H2,1-4H3. The predicted molar refractivity (Wildman–Crippen MR) is 81.7 cm³/mol. The Morgan fingerprint density at radius 3 is 2.86 bits per heavy atom. The maximum Gasteiger partial charge on any atom is 0.410 e. The maximum absolute atomic E-state index is 12.1. The zero-order valence-corrected chi connectivity index (χ0v) is 13.6. The number of nitrogens with zero attached hydrogens (tertiary/aromatic N) is 4. The second-order valence-corrected chi connectivity index (χ2v) is 6.60. The van der Waals surface area contributed by atoms with E-state index in [-0.39, 0.29) is 12.1 Å². The summed E-state index contributed by atoms with van der Waals surface area (Å²) < 4.78 is 5.40. The Morgan fingerprint density at radius 2 is 2.24 bits per heavy atom. The molecule has 1 saturated heterocycles. The van der Waals surface area contributed by atoms with Gasteiger partial charge in [0.15, 0.2) is 5.15 Å². The van der Waals surface area contributed by atoms with E-state index in [4.69, 9.17) is 16.3 Å². The molecule has 0 saturated carbocycles. The lowest BCUT2D eigenvalue weighted by molar-refractivity contribution is 0.0238. The van der Waals surface area contributed by atoms with Crippen molar-refractivity contribution in [3.8, 4) is 0 Å². The number of hydrogen-bond acceptors (Lipinski definition) is 5. The van der Waals surface area contributed by atoms with Crippen LogP contribution in [0.4, 0.5) is 10.5 Å². The largest absolute Gasteiger partial charge is 0.444 e.